The number of nitrogens with zero attached hydrogens (tertiary/aromatic N) is 4. The summed E-state index contributed by atoms with van der Waals surface area (Å²) in [6, 6.07) is 0.456. The molecule has 0 aromatic carbocycles. The molecular formula is C16H22FN5S. The van der Waals surface area contributed by atoms with Crippen molar-refractivity contribution in [1.29, 1.82) is 0 Å². The maximum atomic E-state index is 12.9. The summed E-state index contributed by atoms with van der Waals surface area (Å²) in [7, 11) is 1.89. The Morgan fingerprint density at radius 1 is 1.30 bits per heavy atom. The number of thiazole rings is 1. The van der Waals surface area contributed by atoms with Crippen molar-refractivity contribution in [3.8, 4) is 0 Å². The lowest BCUT2D eigenvalue weighted by Gasteiger charge is -2.39. The van der Waals surface area contributed by atoms with Gasteiger partial charge in [0.25, 0.3) is 0 Å². The van der Waals surface area contributed by atoms with Gasteiger partial charge in [-0.05, 0) is 32.2 Å². The van der Waals surface area contributed by atoms with Gasteiger partial charge in [-0.3, -0.25) is 4.90 Å². The number of rotatable bonds is 5. The van der Waals surface area contributed by atoms with Crippen molar-refractivity contribution < 1.29 is 4.39 Å². The van der Waals surface area contributed by atoms with Crippen molar-refractivity contribution in [2.24, 2.45) is 5.92 Å². The van der Waals surface area contributed by atoms with Crippen molar-refractivity contribution >= 4 is 16.5 Å². The van der Waals surface area contributed by atoms with E-state index >= 15 is 0 Å². The number of anilines is 1. The van der Waals surface area contributed by atoms with Gasteiger partial charge in [0, 0.05) is 37.1 Å². The number of hydrogen-bond donors (Lipinski definition) is 1. The van der Waals surface area contributed by atoms with Crippen LogP contribution in [-0.2, 0) is 13.0 Å². The van der Waals surface area contributed by atoms with Gasteiger partial charge in [0.1, 0.15) is 5.82 Å². The van der Waals surface area contributed by atoms with Gasteiger partial charge in [-0.1, -0.05) is 0 Å². The molecule has 1 aliphatic heterocycles. The molecule has 0 amide bonds. The highest BCUT2D eigenvalue weighted by Crippen LogP contribution is 2.29. The highest BCUT2D eigenvalue weighted by atomic mass is 32.1. The van der Waals surface area contributed by atoms with Crippen LogP contribution in [0.3, 0.4) is 0 Å². The zero-order valence-electron chi connectivity index (χ0n) is 13.5. The van der Waals surface area contributed by atoms with Gasteiger partial charge < -0.3 is 5.32 Å². The van der Waals surface area contributed by atoms with E-state index in [9.17, 15) is 4.39 Å². The fourth-order valence-corrected chi connectivity index (χ4v) is 3.96. The van der Waals surface area contributed by atoms with Crippen LogP contribution in [0.2, 0.25) is 0 Å². The van der Waals surface area contributed by atoms with Gasteiger partial charge in [0.05, 0.1) is 12.4 Å². The summed E-state index contributed by atoms with van der Waals surface area (Å²) in [6.07, 6.45) is 7.61. The first-order chi connectivity index (χ1) is 11.2. The van der Waals surface area contributed by atoms with Crippen LogP contribution in [0.5, 0.6) is 0 Å². The van der Waals surface area contributed by atoms with E-state index in [1.165, 1.54) is 30.1 Å². The van der Waals surface area contributed by atoms with Crippen LogP contribution in [0.15, 0.2) is 18.6 Å². The number of hydrogen-bond acceptors (Lipinski definition) is 6. The fraction of sp³-hybridized carbons (Fsp3) is 0.562. The summed E-state index contributed by atoms with van der Waals surface area (Å²) in [6.45, 7) is 4.31. The molecule has 1 aliphatic rings. The predicted octanol–water partition coefficient (Wildman–Crippen LogP) is 2.96. The molecule has 2 aromatic heterocycles. The second kappa shape index (κ2) is 7.31. The van der Waals surface area contributed by atoms with Crippen molar-refractivity contribution in [3.63, 3.8) is 0 Å². The monoisotopic (exact) mass is 335 g/mol. The van der Waals surface area contributed by atoms with Gasteiger partial charge in [-0.2, -0.15) is 0 Å². The van der Waals surface area contributed by atoms with Crippen LogP contribution in [0, 0.1) is 11.7 Å². The lowest BCUT2D eigenvalue weighted by atomic mass is 9.87. The Bertz CT molecular complexity index is 630. The summed E-state index contributed by atoms with van der Waals surface area (Å²) in [4.78, 5) is 16.3. The Morgan fingerprint density at radius 3 is 2.78 bits per heavy atom. The van der Waals surface area contributed by atoms with E-state index in [1.54, 1.807) is 11.3 Å². The highest BCUT2D eigenvalue weighted by Gasteiger charge is 2.29. The van der Waals surface area contributed by atoms with Crippen LogP contribution in [0.4, 0.5) is 9.52 Å². The Morgan fingerprint density at radius 2 is 2.09 bits per heavy atom. The van der Waals surface area contributed by atoms with Gasteiger partial charge >= 0.3 is 0 Å². The van der Waals surface area contributed by atoms with E-state index in [0.717, 1.165) is 30.5 Å². The van der Waals surface area contributed by atoms with Gasteiger partial charge in [0.2, 0.25) is 0 Å². The zero-order chi connectivity index (χ0) is 16.2. The minimum Gasteiger partial charge on any atom is -0.365 e. The van der Waals surface area contributed by atoms with E-state index < -0.39 is 0 Å². The molecule has 0 spiro atoms. The number of likely N-dealkylation sites (tertiary alicyclic amines) is 1. The number of piperidine rings is 1. The van der Waals surface area contributed by atoms with Crippen LogP contribution in [-0.4, -0.2) is 39.5 Å². The normalized spacial score (nSPS) is 22.2. The quantitative estimate of drug-likeness (QED) is 0.910. The molecule has 2 atom stereocenters. The molecule has 5 nitrogen and oxygen atoms in total. The van der Waals surface area contributed by atoms with Crippen LogP contribution < -0.4 is 5.32 Å². The van der Waals surface area contributed by atoms with E-state index in [0.29, 0.717) is 12.0 Å². The van der Waals surface area contributed by atoms with Crippen LogP contribution in [0.1, 0.15) is 30.5 Å². The maximum absolute atomic E-state index is 12.9. The standard InChI is InChI=1S/C16H22FN5S/c1-11-12(6-15-19-7-13(17)8-20-15)4-3-5-22(11)10-14-9-21-16(18-2)23-14/h7-9,11-12H,3-6,10H2,1-2H3,(H,18,21). The van der Waals surface area contributed by atoms with Crippen molar-refractivity contribution in [2.75, 3.05) is 18.9 Å². The topological polar surface area (TPSA) is 53.9 Å². The molecule has 0 bridgehead atoms. The molecule has 1 N–H and O–H groups in total. The van der Waals surface area contributed by atoms with E-state index in [4.69, 9.17) is 0 Å². The van der Waals surface area contributed by atoms with Crippen LogP contribution in [0.25, 0.3) is 0 Å². The van der Waals surface area contributed by atoms with E-state index in [2.05, 4.69) is 32.1 Å². The summed E-state index contributed by atoms with van der Waals surface area (Å²) in [5.74, 6) is 0.865. The molecule has 7 heteroatoms. The van der Waals surface area contributed by atoms with Crippen molar-refractivity contribution in [2.45, 2.75) is 38.8 Å². The summed E-state index contributed by atoms with van der Waals surface area (Å²) < 4.78 is 12.9. The molecule has 0 radical (unpaired) electrons. The van der Waals surface area contributed by atoms with Gasteiger partial charge in [-0.25, -0.2) is 19.3 Å². The second-order valence-electron chi connectivity index (χ2n) is 6.02. The number of aromatic nitrogens is 3. The summed E-state index contributed by atoms with van der Waals surface area (Å²) in [5.41, 5.74) is 0. The smallest absolute Gasteiger partial charge is 0.182 e. The van der Waals surface area contributed by atoms with Crippen molar-refractivity contribution in [1.82, 2.24) is 19.9 Å². The summed E-state index contributed by atoms with van der Waals surface area (Å²) >= 11 is 1.71. The van der Waals surface area contributed by atoms with Crippen molar-refractivity contribution in [3.05, 3.63) is 35.1 Å². The lowest BCUT2D eigenvalue weighted by molar-refractivity contribution is 0.0973. The molecule has 0 saturated carbocycles. The maximum Gasteiger partial charge on any atom is 0.182 e. The fourth-order valence-electron chi connectivity index (χ4n) is 3.17. The Kier molecular flexibility index (Phi) is 5.17. The summed E-state index contributed by atoms with van der Waals surface area (Å²) in [5, 5.41) is 4.04. The Hall–Kier alpha value is -1.60. The predicted molar refractivity (Wildman–Crippen MR) is 90.0 cm³/mol. The Balaban J connectivity index is 1.63. The third-order valence-corrected chi connectivity index (χ3v) is 5.52. The molecule has 23 heavy (non-hydrogen) atoms. The zero-order valence-corrected chi connectivity index (χ0v) is 14.3. The molecule has 0 aliphatic carbocycles. The molecular weight excluding hydrogens is 313 g/mol. The average molecular weight is 335 g/mol. The first kappa shape index (κ1) is 16.3. The highest BCUT2D eigenvalue weighted by molar-refractivity contribution is 7.15. The molecule has 2 aromatic rings. The Labute approximate surface area is 140 Å². The molecule has 1 fully saturated rings. The molecule has 3 rings (SSSR count). The SMILES string of the molecule is CNc1ncc(CN2CCCC(Cc3ncc(F)cn3)C2C)s1. The minimum atomic E-state index is -0.377. The van der Waals surface area contributed by atoms with Gasteiger partial charge in [0.15, 0.2) is 10.9 Å². The minimum absolute atomic E-state index is 0.377. The lowest BCUT2D eigenvalue weighted by Crippen LogP contribution is -2.43. The molecule has 3 heterocycles. The van der Waals surface area contributed by atoms with E-state index in [1.807, 2.05) is 13.2 Å². The third-order valence-electron chi connectivity index (χ3n) is 4.52. The largest absolute Gasteiger partial charge is 0.365 e. The number of halogens is 1. The molecule has 124 valence electrons. The average Bonchev–Trinajstić information content (AvgIpc) is 3.01. The third kappa shape index (κ3) is 4.03. The first-order valence-corrected chi connectivity index (χ1v) is 8.80. The second-order valence-corrected chi connectivity index (χ2v) is 7.13. The number of nitrogens with one attached hydrogen (secondary N) is 1. The van der Waals surface area contributed by atoms with Gasteiger partial charge in [-0.15, -0.1) is 11.3 Å². The van der Waals surface area contributed by atoms with Crippen LogP contribution >= 0.6 is 11.3 Å². The molecule has 1 saturated heterocycles. The molecule has 2 unspecified atom stereocenters. The first-order valence-electron chi connectivity index (χ1n) is 7.98. The van der Waals surface area contributed by atoms with E-state index in [-0.39, 0.29) is 5.82 Å².